The molecule has 2 N–H and O–H groups in total. The summed E-state index contributed by atoms with van der Waals surface area (Å²) in [6, 6.07) is 14.9. The van der Waals surface area contributed by atoms with Crippen LogP contribution < -0.4 is 5.73 Å². The topological polar surface area (TPSA) is 26.0 Å². The second-order valence-corrected chi connectivity index (χ2v) is 5.29. The Morgan fingerprint density at radius 2 is 1.71 bits per heavy atom. The molecule has 0 fully saturated rings. The molecule has 1 atom stereocenters. The summed E-state index contributed by atoms with van der Waals surface area (Å²) in [5, 5.41) is 0. The van der Waals surface area contributed by atoms with Crippen molar-refractivity contribution in [1.29, 1.82) is 0 Å². The molecule has 2 aromatic rings. The SMILES string of the molecule is Cc1ccc(C(C)N)cc1-c1ccc(Br)cc1. The summed E-state index contributed by atoms with van der Waals surface area (Å²) in [7, 11) is 0. The van der Waals surface area contributed by atoms with Crippen molar-refractivity contribution < 1.29 is 0 Å². The minimum atomic E-state index is 0.0739. The Balaban J connectivity index is 2.50. The Morgan fingerprint density at radius 3 is 2.29 bits per heavy atom. The highest BCUT2D eigenvalue weighted by atomic mass is 79.9. The molecule has 0 aliphatic rings. The largest absolute Gasteiger partial charge is 0.324 e. The summed E-state index contributed by atoms with van der Waals surface area (Å²) in [6.45, 7) is 4.14. The van der Waals surface area contributed by atoms with Gasteiger partial charge in [0, 0.05) is 10.5 Å². The molecule has 0 saturated heterocycles. The number of nitrogens with two attached hydrogens (primary N) is 1. The Morgan fingerprint density at radius 1 is 1.06 bits per heavy atom. The van der Waals surface area contributed by atoms with Gasteiger partial charge < -0.3 is 5.73 Å². The van der Waals surface area contributed by atoms with Crippen molar-refractivity contribution in [2.75, 3.05) is 0 Å². The van der Waals surface area contributed by atoms with Crippen LogP contribution >= 0.6 is 15.9 Å². The van der Waals surface area contributed by atoms with Crippen LogP contribution in [-0.2, 0) is 0 Å². The van der Waals surface area contributed by atoms with Gasteiger partial charge in [0.15, 0.2) is 0 Å². The summed E-state index contributed by atoms with van der Waals surface area (Å²) < 4.78 is 1.10. The molecule has 17 heavy (non-hydrogen) atoms. The Bertz CT molecular complexity index is 515. The third kappa shape index (κ3) is 2.76. The van der Waals surface area contributed by atoms with E-state index in [0.29, 0.717) is 0 Å². The van der Waals surface area contributed by atoms with Crippen LogP contribution in [0.5, 0.6) is 0 Å². The first-order valence-electron chi connectivity index (χ1n) is 5.70. The zero-order valence-electron chi connectivity index (χ0n) is 10.1. The molecule has 88 valence electrons. The molecule has 0 spiro atoms. The maximum absolute atomic E-state index is 5.93. The van der Waals surface area contributed by atoms with Gasteiger partial charge >= 0.3 is 0 Å². The second-order valence-electron chi connectivity index (χ2n) is 4.37. The summed E-state index contributed by atoms with van der Waals surface area (Å²) in [6.07, 6.45) is 0. The Hall–Kier alpha value is -1.12. The van der Waals surface area contributed by atoms with Crippen LogP contribution in [0.3, 0.4) is 0 Å². The highest BCUT2D eigenvalue weighted by molar-refractivity contribution is 9.10. The lowest BCUT2D eigenvalue weighted by Gasteiger charge is -2.11. The van der Waals surface area contributed by atoms with E-state index in [1.165, 1.54) is 22.3 Å². The summed E-state index contributed by atoms with van der Waals surface area (Å²) in [5.41, 5.74) is 10.9. The van der Waals surface area contributed by atoms with Crippen molar-refractivity contribution in [3.8, 4) is 11.1 Å². The fourth-order valence-corrected chi connectivity index (χ4v) is 2.13. The monoisotopic (exact) mass is 289 g/mol. The quantitative estimate of drug-likeness (QED) is 0.869. The number of benzene rings is 2. The zero-order chi connectivity index (χ0) is 12.4. The van der Waals surface area contributed by atoms with Gasteiger partial charge in [-0.1, -0.05) is 40.2 Å². The van der Waals surface area contributed by atoms with Crippen molar-refractivity contribution in [2.45, 2.75) is 19.9 Å². The molecule has 0 aromatic heterocycles. The van der Waals surface area contributed by atoms with Crippen LogP contribution in [-0.4, -0.2) is 0 Å². The van der Waals surface area contributed by atoms with Gasteiger partial charge in [0.2, 0.25) is 0 Å². The number of rotatable bonds is 2. The predicted molar refractivity (Wildman–Crippen MR) is 76.9 cm³/mol. The Kier molecular flexibility index (Phi) is 3.65. The van der Waals surface area contributed by atoms with Crippen molar-refractivity contribution in [2.24, 2.45) is 5.73 Å². The van der Waals surface area contributed by atoms with Gasteiger partial charge in [-0.3, -0.25) is 0 Å². The lowest BCUT2D eigenvalue weighted by atomic mass is 9.96. The molecule has 1 unspecified atom stereocenters. The van der Waals surface area contributed by atoms with Gasteiger partial charge in [-0.2, -0.15) is 0 Å². The molecular weight excluding hydrogens is 274 g/mol. The van der Waals surface area contributed by atoms with E-state index in [-0.39, 0.29) is 6.04 Å². The van der Waals surface area contributed by atoms with Crippen LogP contribution in [0.1, 0.15) is 24.1 Å². The molecule has 0 saturated carbocycles. The molecule has 2 heteroatoms. The van der Waals surface area contributed by atoms with Crippen LogP contribution in [0.4, 0.5) is 0 Å². The average Bonchev–Trinajstić information content (AvgIpc) is 2.31. The van der Waals surface area contributed by atoms with Gasteiger partial charge in [-0.05, 0) is 54.3 Å². The molecule has 0 amide bonds. The highest BCUT2D eigenvalue weighted by Gasteiger charge is 2.05. The Labute approximate surface area is 111 Å². The number of hydrogen-bond acceptors (Lipinski definition) is 1. The average molecular weight is 290 g/mol. The highest BCUT2D eigenvalue weighted by Crippen LogP contribution is 2.27. The van der Waals surface area contributed by atoms with E-state index in [1.807, 2.05) is 6.92 Å². The molecule has 0 aliphatic carbocycles. The van der Waals surface area contributed by atoms with E-state index in [2.05, 4.69) is 65.3 Å². The van der Waals surface area contributed by atoms with E-state index in [0.717, 1.165) is 4.47 Å². The number of halogens is 1. The van der Waals surface area contributed by atoms with E-state index in [4.69, 9.17) is 5.73 Å². The fraction of sp³-hybridized carbons (Fsp3) is 0.200. The van der Waals surface area contributed by atoms with Gasteiger partial charge in [0.05, 0.1) is 0 Å². The summed E-state index contributed by atoms with van der Waals surface area (Å²) in [4.78, 5) is 0. The molecule has 1 nitrogen and oxygen atoms in total. The summed E-state index contributed by atoms with van der Waals surface area (Å²) in [5.74, 6) is 0. The molecule has 0 aliphatic heterocycles. The first kappa shape index (κ1) is 12.3. The minimum Gasteiger partial charge on any atom is -0.324 e. The fourth-order valence-electron chi connectivity index (χ4n) is 1.86. The molecule has 0 heterocycles. The summed E-state index contributed by atoms with van der Waals surface area (Å²) >= 11 is 3.45. The standard InChI is InChI=1S/C15H16BrN/c1-10-3-4-13(11(2)17)9-15(10)12-5-7-14(16)8-6-12/h3-9,11H,17H2,1-2H3. The number of hydrogen-bond donors (Lipinski definition) is 1. The normalized spacial score (nSPS) is 12.5. The predicted octanol–water partition coefficient (Wildman–Crippen LogP) is 4.44. The van der Waals surface area contributed by atoms with Crippen molar-refractivity contribution >= 4 is 15.9 Å². The molecule has 2 aromatic carbocycles. The third-order valence-electron chi connectivity index (χ3n) is 2.94. The first-order chi connectivity index (χ1) is 8.08. The van der Waals surface area contributed by atoms with E-state index in [1.54, 1.807) is 0 Å². The van der Waals surface area contributed by atoms with Crippen LogP contribution in [0.25, 0.3) is 11.1 Å². The smallest absolute Gasteiger partial charge is 0.0266 e. The van der Waals surface area contributed by atoms with Crippen molar-refractivity contribution in [3.63, 3.8) is 0 Å². The maximum atomic E-state index is 5.93. The van der Waals surface area contributed by atoms with Gasteiger partial charge in [-0.15, -0.1) is 0 Å². The van der Waals surface area contributed by atoms with Crippen molar-refractivity contribution in [3.05, 3.63) is 58.1 Å². The lowest BCUT2D eigenvalue weighted by molar-refractivity contribution is 0.818. The number of aryl methyl sites for hydroxylation is 1. The third-order valence-corrected chi connectivity index (χ3v) is 3.47. The molecular formula is C15H16BrN. The molecule has 0 bridgehead atoms. The van der Waals surface area contributed by atoms with E-state index < -0.39 is 0 Å². The molecule has 2 rings (SSSR count). The van der Waals surface area contributed by atoms with Gasteiger partial charge in [0.25, 0.3) is 0 Å². The van der Waals surface area contributed by atoms with E-state index in [9.17, 15) is 0 Å². The van der Waals surface area contributed by atoms with Gasteiger partial charge in [-0.25, -0.2) is 0 Å². The van der Waals surface area contributed by atoms with Crippen LogP contribution in [0, 0.1) is 6.92 Å². The van der Waals surface area contributed by atoms with E-state index >= 15 is 0 Å². The lowest BCUT2D eigenvalue weighted by Crippen LogP contribution is -2.05. The van der Waals surface area contributed by atoms with Crippen LogP contribution in [0.15, 0.2) is 46.9 Å². The van der Waals surface area contributed by atoms with Crippen molar-refractivity contribution in [1.82, 2.24) is 0 Å². The second kappa shape index (κ2) is 5.03. The van der Waals surface area contributed by atoms with Gasteiger partial charge in [0.1, 0.15) is 0 Å². The van der Waals surface area contributed by atoms with Crippen LogP contribution in [0.2, 0.25) is 0 Å². The maximum Gasteiger partial charge on any atom is 0.0266 e. The zero-order valence-corrected chi connectivity index (χ0v) is 11.7. The first-order valence-corrected chi connectivity index (χ1v) is 6.49. The minimum absolute atomic E-state index is 0.0739. The molecule has 0 radical (unpaired) electrons.